The summed E-state index contributed by atoms with van der Waals surface area (Å²) in [5, 5.41) is 18.1. The Bertz CT molecular complexity index is 497. The summed E-state index contributed by atoms with van der Waals surface area (Å²) in [6.07, 6.45) is 3.27. The number of rotatable bonds is 2. The zero-order valence-electron chi connectivity index (χ0n) is 10.1. The maximum Gasteiger partial charge on any atom is 0.326 e. The number of nitrogens with zero attached hydrogens (tertiary/aromatic N) is 4. The van der Waals surface area contributed by atoms with E-state index < -0.39 is 12.0 Å². The lowest BCUT2D eigenvalue weighted by Crippen LogP contribution is -2.50. The molecule has 0 bridgehead atoms. The number of carboxylic acid groups (broad SMARTS) is 1. The van der Waals surface area contributed by atoms with Crippen molar-refractivity contribution in [3.63, 3.8) is 0 Å². The first-order valence-corrected chi connectivity index (χ1v) is 5.86. The van der Waals surface area contributed by atoms with E-state index >= 15 is 0 Å². The fourth-order valence-electron chi connectivity index (χ4n) is 2.34. The van der Waals surface area contributed by atoms with Crippen LogP contribution in [0.1, 0.15) is 25.5 Å². The largest absolute Gasteiger partial charge is 0.480 e. The predicted octanol–water partition coefficient (Wildman–Crippen LogP) is 1.04. The molecule has 1 N–H and O–H groups in total. The Morgan fingerprint density at radius 3 is 3.11 bits per heavy atom. The summed E-state index contributed by atoms with van der Waals surface area (Å²) in [6, 6.07) is 2.83. The van der Waals surface area contributed by atoms with E-state index in [9.17, 15) is 9.90 Å². The van der Waals surface area contributed by atoms with Crippen LogP contribution in [-0.4, -0.2) is 33.6 Å². The second kappa shape index (κ2) is 5.00. The van der Waals surface area contributed by atoms with Crippen LogP contribution in [0.3, 0.4) is 0 Å². The van der Waals surface area contributed by atoms with Crippen molar-refractivity contribution in [1.82, 2.24) is 9.97 Å². The van der Waals surface area contributed by atoms with Crippen molar-refractivity contribution in [1.29, 1.82) is 5.26 Å². The summed E-state index contributed by atoms with van der Waals surface area (Å²) >= 11 is 0. The molecule has 2 atom stereocenters. The van der Waals surface area contributed by atoms with Crippen molar-refractivity contribution >= 4 is 11.9 Å². The van der Waals surface area contributed by atoms with E-state index in [4.69, 9.17) is 5.26 Å². The van der Waals surface area contributed by atoms with Gasteiger partial charge in [0.05, 0.1) is 0 Å². The molecule has 1 fully saturated rings. The average molecular weight is 246 g/mol. The lowest BCUT2D eigenvalue weighted by atomic mass is 9.91. The summed E-state index contributed by atoms with van der Waals surface area (Å²) < 4.78 is 0. The number of hydrogen-bond donors (Lipinski definition) is 1. The lowest BCUT2D eigenvalue weighted by Gasteiger charge is -2.37. The van der Waals surface area contributed by atoms with Crippen LogP contribution in [0.4, 0.5) is 5.95 Å². The Labute approximate surface area is 105 Å². The minimum Gasteiger partial charge on any atom is -0.480 e. The maximum absolute atomic E-state index is 11.3. The molecule has 1 saturated heterocycles. The molecule has 1 aliphatic heterocycles. The van der Waals surface area contributed by atoms with Crippen LogP contribution in [0.15, 0.2) is 12.3 Å². The third-order valence-corrected chi connectivity index (χ3v) is 3.20. The van der Waals surface area contributed by atoms with E-state index in [-0.39, 0.29) is 11.6 Å². The van der Waals surface area contributed by atoms with Crippen molar-refractivity contribution in [2.75, 3.05) is 11.4 Å². The minimum absolute atomic E-state index is 0.0468. The maximum atomic E-state index is 11.3. The first-order chi connectivity index (χ1) is 8.63. The topological polar surface area (TPSA) is 90.1 Å². The molecule has 2 unspecified atom stereocenters. The van der Waals surface area contributed by atoms with E-state index in [0.717, 1.165) is 12.8 Å². The van der Waals surface area contributed by atoms with Gasteiger partial charge in [0.25, 0.3) is 0 Å². The van der Waals surface area contributed by atoms with Crippen LogP contribution in [0.25, 0.3) is 0 Å². The average Bonchev–Trinajstić information content (AvgIpc) is 2.38. The molecule has 2 heterocycles. The highest BCUT2D eigenvalue weighted by Crippen LogP contribution is 2.26. The number of aromatic nitrogens is 2. The Morgan fingerprint density at radius 2 is 2.44 bits per heavy atom. The van der Waals surface area contributed by atoms with Gasteiger partial charge in [-0.05, 0) is 24.8 Å². The van der Waals surface area contributed by atoms with Gasteiger partial charge in [0.1, 0.15) is 17.8 Å². The fraction of sp³-hybridized carbons (Fsp3) is 0.500. The van der Waals surface area contributed by atoms with Crippen LogP contribution in [0.5, 0.6) is 0 Å². The van der Waals surface area contributed by atoms with Gasteiger partial charge in [-0.2, -0.15) is 5.26 Å². The monoisotopic (exact) mass is 246 g/mol. The summed E-state index contributed by atoms with van der Waals surface area (Å²) in [7, 11) is 0. The molecule has 0 radical (unpaired) electrons. The van der Waals surface area contributed by atoms with Crippen molar-refractivity contribution in [3.8, 4) is 6.07 Å². The fourth-order valence-corrected chi connectivity index (χ4v) is 2.34. The van der Waals surface area contributed by atoms with Crippen LogP contribution in [0.2, 0.25) is 0 Å². The van der Waals surface area contributed by atoms with Gasteiger partial charge >= 0.3 is 5.97 Å². The Hall–Kier alpha value is -2.16. The van der Waals surface area contributed by atoms with Gasteiger partial charge in [-0.15, -0.1) is 0 Å². The van der Waals surface area contributed by atoms with E-state index in [0.29, 0.717) is 12.5 Å². The molecule has 1 aromatic rings. The van der Waals surface area contributed by atoms with Crippen molar-refractivity contribution < 1.29 is 9.90 Å². The number of piperidine rings is 1. The standard InChI is InChI=1S/C12H14N4O2/c1-8-3-2-6-16(10(8)11(17)18)12-14-5-4-9(7-13)15-12/h4-5,8,10H,2-3,6H2,1H3,(H,17,18). The van der Waals surface area contributed by atoms with Crippen LogP contribution >= 0.6 is 0 Å². The lowest BCUT2D eigenvalue weighted by molar-refractivity contribution is -0.140. The highest BCUT2D eigenvalue weighted by Gasteiger charge is 2.35. The molecule has 1 aliphatic rings. The van der Waals surface area contributed by atoms with E-state index in [2.05, 4.69) is 9.97 Å². The Morgan fingerprint density at radius 1 is 1.67 bits per heavy atom. The third kappa shape index (κ3) is 2.25. The van der Waals surface area contributed by atoms with Gasteiger partial charge < -0.3 is 10.0 Å². The summed E-state index contributed by atoms with van der Waals surface area (Å²) in [5.74, 6) is -0.494. The molecule has 0 aromatic carbocycles. The summed E-state index contributed by atoms with van der Waals surface area (Å²) in [6.45, 7) is 2.52. The van der Waals surface area contributed by atoms with E-state index in [1.54, 1.807) is 4.90 Å². The van der Waals surface area contributed by atoms with Gasteiger partial charge in [0.2, 0.25) is 5.95 Å². The molecule has 94 valence electrons. The van der Waals surface area contributed by atoms with Gasteiger partial charge in [0.15, 0.2) is 0 Å². The van der Waals surface area contributed by atoms with Gasteiger partial charge in [0, 0.05) is 12.7 Å². The van der Waals surface area contributed by atoms with Gasteiger partial charge in [-0.1, -0.05) is 6.92 Å². The van der Waals surface area contributed by atoms with Crippen molar-refractivity contribution in [2.45, 2.75) is 25.8 Å². The molecule has 2 rings (SSSR count). The van der Waals surface area contributed by atoms with Gasteiger partial charge in [-0.25, -0.2) is 14.8 Å². The van der Waals surface area contributed by atoms with Crippen LogP contribution < -0.4 is 4.90 Å². The zero-order chi connectivity index (χ0) is 13.1. The molecule has 1 aromatic heterocycles. The normalized spacial score (nSPS) is 23.4. The number of aliphatic carboxylic acids is 1. The number of anilines is 1. The van der Waals surface area contributed by atoms with Crippen LogP contribution in [-0.2, 0) is 4.79 Å². The second-order valence-corrected chi connectivity index (χ2v) is 4.45. The quantitative estimate of drug-likeness (QED) is 0.838. The Balaban J connectivity index is 2.34. The number of carboxylic acids is 1. The molecular weight excluding hydrogens is 232 g/mol. The van der Waals surface area contributed by atoms with E-state index in [1.807, 2.05) is 13.0 Å². The molecular formula is C12H14N4O2. The minimum atomic E-state index is -0.867. The highest BCUT2D eigenvalue weighted by molar-refractivity contribution is 5.78. The summed E-state index contributed by atoms with van der Waals surface area (Å²) in [5.41, 5.74) is 0.252. The number of hydrogen-bond acceptors (Lipinski definition) is 5. The summed E-state index contributed by atoms with van der Waals surface area (Å²) in [4.78, 5) is 21.2. The Kier molecular flexibility index (Phi) is 3.42. The first kappa shape index (κ1) is 12.3. The zero-order valence-corrected chi connectivity index (χ0v) is 10.1. The van der Waals surface area contributed by atoms with Gasteiger partial charge in [-0.3, -0.25) is 0 Å². The number of nitriles is 1. The molecule has 6 nitrogen and oxygen atoms in total. The molecule has 0 amide bonds. The molecule has 0 saturated carbocycles. The van der Waals surface area contributed by atoms with Crippen LogP contribution in [0, 0.1) is 17.2 Å². The van der Waals surface area contributed by atoms with Crippen molar-refractivity contribution in [3.05, 3.63) is 18.0 Å². The number of carbonyl (C=O) groups is 1. The van der Waals surface area contributed by atoms with Crippen molar-refractivity contribution in [2.24, 2.45) is 5.92 Å². The second-order valence-electron chi connectivity index (χ2n) is 4.45. The molecule has 6 heteroatoms. The molecule has 0 spiro atoms. The highest BCUT2D eigenvalue weighted by atomic mass is 16.4. The van der Waals surface area contributed by atoms with E-state index in [1.165, 1.54) is 12.3 Å². The first-order valence-electron chi connectivity index (χ1n) is 5.86. The predicted molar refractivity (Wildman–Crippen MR) is 63.9 cm³/mol. The SMILES string of the molecule is CC1CCCN(c2nccc(C#N)n2)C1C(=O)O. The molecule has 18 heavy (non-hydrogen) atoms. The smallest absolute Gasteiger partial charge is 0.326 e. The third-order valence-electron chi connectivity index (χ3n) is 3.20. The molecule has 0 aliphatic carbocycles.